The summed E-state index contributed by atoms with van der Waals surface area (Å²) in [5.41, 5.74) is 0. The van der Waals surface area contributed by atoms with Crippen LogP contribution in [-0.2, 0) is 18.4 Å². The van der Waals surface area contributed by atoms with Crippen molar-refractivity contribution in [2.24, 2.45) is 0 Å². The summed E-state index contributed by atoms with van der Waals surface area (Å²) < 4.78 is 23.5. The molecule has 9 heteroatoms. The molecule has 0 saturated carbocycles. The number of phosphoric ester groups is 1. The Bertz CT molecular complexity index is 1600. The van der Waals surface area contributed by atoms with E-state index in [1.807, 2.05) is 27.2 Å². The predicted octanol–water partition coefficient (Wildman–Crippen LogP) is 26.5. The first-order chi connectivity index (χ1) is 45.0. The number of nitrogens with one attached hydrogen (secondary N) is 1. The molecular formula is C83H163N2O6P. The molecule has 0 aliphatic carbocycles. The molecule has 0 saturated heterocycles. The Labute approximate surface area is 576 Å². The lowest BCUT2D eigenvalue weighted by molar-refractivity contribution is -0.870. The van der Waals surface area contributed by atoms with Crippen LogP contribution in [0.15, 0.2) is 36.5 Å². The Kier molecular flexibility index (Phi) is 72.9. The van der Waals surface area contributed by atoms with Crippen LogP contribution in [0.5, 0.6) is 0 Å². The van der Waals surface area contributed by atoms with Crippen LogP contribution in [0.1, 0.15) is 438 Å². The van der Waals surface area contributed by atoms with Gasteiger partial charge in [0, 0.05) is 6.42 Å². The first-order valence-electron chi connectivity index (χ1n) is 41.4. The Balaban J connectivity index is 3.91. The zero-order valence-corrected chi connectivity index (χ0v) is 63.7. The first-order valence-corrected chi connectivity index (χ1v) is 42.8. The second kappa shape index (κ2) is 74.0. The van der Waals surface area contributed by atoms with Crippen molar-refractivity contribution in [2.75, 3.05) is 40.9 Å². The van der Waals surface area contributed by atoms with Gasteiger partial charge in [-0.05, 0) is 51.4 Å². The fourth-order valence-corrected chi connectivity index (χ4v) is 13.7. The molecule has 0 aromatic rings. The Morgan fingerprint density at radius 1 is 0.380 bits per heavy atom. The van der Waals surface area contributed by atoms with Gasteiger partial charge in [0.1, 0.15) is 13.2 Å². The van der Waals surface area contributed by atoms with Crippen molar-refractivity contribution in [1.29, 1.82) is 0 Å². The quantitative estimate of drug-likeness (QED) is 0.0272. The van der Waals surface area contributed by atoms with E-state index in [1.54, 1.807) is 6.08 Å². The van der Waals surface area contributed by atoms with Crippen LogP contribution in [0.3, 0.4) is 0 Å². The maximum absolute atomic E-state index is 13.1. The molecular weight excluding hydrogens is 1150 g/mol. The molecule has 0 aliphatic rings. The number of rotatable bonds is 78. The molecule has 0 aromatic heterocycles. The molecule has 0 bridgehead atoms. The summed E-state index contributed by atoms with van der Waals surface area (Å²) >= 11 is 0. The van der Waals surface area contributed by atoms with Crippen molar-refractivity contribution in [1.82, 2.24) is 5.32 Å². The Morgan fingerprint density at radius 3 is 0.902 bits per heavy atom. The number of aliphatic hydroxyl groups excluding tert-OH is 1. The van der Waals surface area contributed by atoms with Gasteiger partial charge in [-0.15, -0.1) is 0 Å². The average Bonchev–Trinajstić information content (AvgIpc) is 2.63. The van der Waals surface area contributed by atoms with Gasteiger partial charge in [-0.25, -0.2) is 0 Å². The molecule has 2 N–H and O–H groups in total. The number of allylic oxidation sites excluding steroid dienone is 5. The number of aliphatic hydroxyl groups is 1. The van der Waals surface area contributed by atoms with Crippen LogP contribution in [0.25, 0.3) is 0 Å². The predicted molar refractivity (Wildman–Crippen MR) is 404 cm³/mol. The van der Waals surface area contributed by atoms with Gasteiger partial charge in [0.25, 0.3) is 7.82 Å². The van der Waals surface area contributed by atoms with E-state index in [4.69, 9.17) is 9.05 Å². The van der Waals surface area contributed by atoms with Crippen LogP contribution < -0.4 is 10.2 Å². The zero-order valence-electron chi connectivity index (χ0n) is 62.8. The number of carbonyl (C=O) groups is 1. The Hall–Kier alpha value is -1.28. The van der Waals surface area contributed by atoms with Gasteiger partial charge in [-0.2, -0.15) is 0 Å². The van der Waals surface area contributed by atoms with E-state index in [0.717, 1.165) is 44.9 Å². The van der Waals surface area contributed by atoms with Gasteiger partial charge in [-0.1, -0.05) is 416 Å². The second-order valence-corrected chi connectivity index (χ2v) is 31.2. The van der Waals surface area contributed by atoms with E-state index >= 15 is 0 Å². The highest BCUT2D eigenvalue weighted by atomic mass is 31.2. The molecule has 0 rings (SSSR count). The van der Waals surface area contributed by atoms with E-state index in [1.165, 1.54) is 372 Å². The van der Waals surface area contributed by atoms with Gasteiger partial charge in [-0.3, -0.25) is 9.36 Å². The number of nitrogens with zero attached hydrogens (tertiary/aromatic N) is 1. The third kappa shape index (κ3) is 76.1. The summed E-state index contributed by atoms with van der Waals surface area (Å²) in [6, 6.07) is -0.887. The number of quaternary nitrogens is 1. The van der Waals surface area contributed by atoms with E-state index in [0.29, 0.717) is 17.4 Å². The van der Waals surface area contributed by atoms with Gasteiger partial charge in [0.2, 0.25) is 5.91 Å². The minimum Gasteiger partial charge on any atom is -0.756 e. The molecule has 0 aliphatic heterocycles. The zero-order chi connectivity index (χ0) is 66.9. The maximum atomic E-state index is 13.1. The normalized spacial score (nSPS) is 13.6. The van der Waals surface area contributed by atoms with Crippen molar-refractivity contribution in [3.63, 3.8) is 0 Å². The van der Waals surface area contributed by atoms with E-state index in [-0.39, 0.29) is 19.1 Å². The van der Waals surface area contributed by atoms with Gasteiger partial charge in [0.15, 0.2) is 0 Å². The fraction of sp³-hybridized carbons (Fsp3) is 0.916. The van der Waals surface area contributed by atoms with Crippen molar-refractivity contribution in [3.8, 4) is 0 Å². The first kappa shape index (κ1) is 90.7. The molecule has 8 nitrogen and oxygen atoms in total. The molecule has 92 heavy (non-hydrogen) atoms. The van der Waals surface area contributed by atoms with Crippen molar-refractivity contribution < 1.29 is 32.9 Å². The summed E-state index contributed by atoms with van der Waals surface area (Å²) in [4.78, 5) is 25.7. The molecule has 0 spiro atoms. The number of hydrogen-bond donors (Lipinski definition) is 2. The summed E-state index contributed by atoms with van der Waals surface area (Å²) in [7, 11) is 1.29. The molecule has 0 fully saturated rings. The molecule has 0 aromatic carbocycles. The number of hydrogen-bond acceptors (Lipinski definition) is 6. The lowest BCUT2D eigenvalue weighted by Crippen LogP contribution is -2.45. The van der Waals surface area contributed by atoms with Gasteiger partial charge < -0.3 is 28.8 Å². The van der Waals surface area contributed by atoms with Crippen LogP contribution >= 0.6 is 7.82 Å². The summed E-state index contributed by atoms with van der Waals surface area (Å²) in [5, 5.41) is 14.0. The van der Waals surface area contributed by atoms with Gasteiger partial charge >= 0.3 is 0 Å². The average molecular weight is 1320 g/mol. The monoisotopic (exact) mass is 1320 g/mol. The highest BCUT2D eigenvalue weighted by Gasteiger charge is 2.23. The maximum Gasteiger partial charge on any atom is 0.268 e. The van der Waals surface area contributed by atoms with Gasteiger partial charge in [0.05, 0.1) is 39.9 Å². The molecule has 0 radical (unpaired) electrons. The van der Waals surface area contributed by atoms with Crippen LogP contribution in [0.2, 0.25) is 0 Å². The summed E-state index contributed by atoms with van der Waals surface area (Å²) in [5.74, 6) is -0.187. The van der Waals surface area contributed by atoms with Crippen molar-refractivity contribution >= 4 is 13.7 Å². The highest BCUT2D eigenvalue weighted by Crippen LogP contribution is 2.38. The molecule has 1 amide bonds. The minimum absolute atomic E-state index is 0.00195. The van der Waals surface area contributed by atoms with Crippen LogP contribution in [0, 0.1) is 0 Å². The lowest BCUT2D eigenvalue weighted by atomic mass is 10.0. The number of amides is 1. The third-order valence-electron chi connectivity index (χ3n) is 19.3. The summed E-state index contributed by atoms with van der Waals surface area (Å²) in [6.45, 7) is 4.71. The largest absolute Gasteiger partial charge is 0.756 e. The van der Waals surface area contributed by atoms with E-state index < -0.39 is 20.0 Å². The van der Waals surface area contributed by atoms with Crippen LogP contribution in [0.4, 0.5) is 0 Å². The van der Waals surface area contributed by atoms with Crippen molar-refractivity contribution in [2.45, 2.75) is 450 Å². The standard InChI is InChI=1S/C83H163N2O6P/c1-6-8-10-12-14-16-18-20-22-24-26-28-30-32-34-36-38-39-40-41-42-43-44-45-47-49-51-53-55-57-59-61-63-65-67-69-71-73-75-77-83(87)84-81(80-91-92(88,89)90-79-78-85(3,4)5)82(86)76-74-72-70-68-66-64-62-60-58-56-54-52-50-48-46-37-35-33-31-29-27-25-23-21-19-17-15-13-11-9-7-2/h18,20,24,26,74,76,81-82,86H,6-17,19,21-23,25,27-73,75,77-80H2,1-5H3,(H-,84,87,88,89)/b20-18-,26-24-,76-74+. The number of phosphoric acid groups is 1. The molecule has 3 unspecified atom stereocenters. The second-order valence-electron chi connectivity index (χ2n) is 29.8. The number of unbranched alkanes of at least 4 members (excludes halogenated alkanes) is 61. The SMILES string of the molecule is CCCCCCC/C=C\C/C=C\CCCCCCCCCCCCCCCCCCCCCCCCCCCCCC(=O)NC(COP(=O)([O-])OCC[N+](C)(C)C)C(O)/C=C/CCCCCCCCCCCCCCCCCCCCCCCCCCCCCCC. The number of likely N-dealkylation sites (N-methyl/N-ethyl adjacent to an activating group) is 1. The lowest BCUT2D eigenvalue weighted by Gasteiger charge is -2.29. The molecule has 3 atom stereocenters. The molecule has 0 heterocycles. The topological polar surface area (TPSA) is 108 Å². The number of carbonyl (C=O) groups excluding carboxylic acids is 1. The fourth-order valence-electron chi connectivity index (χ4n) is 13.0. The van der Waals surface area contributed by atoms with Crippen LogP contribution in [-0.4, -0.2) is 68.5 Å². The molecule has 546 valence electrons. The minimum atomic E-state index is -4.61. The van der Waals surface area contributed by atoms with Crippen molar-refractivity contribution in [3.05, 3.63) is 36.5 Å². The Morgan fingerprint density at radius 2 is 0.630 bits per heavy atom. The summed E-state index contributed by atoms with van der Waals surface area (Å²) in [6.07, 6.45) is 100. The third-order valence-corrected chi connectivity index (χ3v) is 20.3. The smallest absolute Gasteiger partial charge is 0.268 e. The highest BCUT2D eigenvalue weighted by molar-refractivity contribution is 7.45. The van der Waals surface area contributed by atoms with E-state index in [9.17, 15) is 19.4 Å². The van der Waals surface area contributed by atoms with E-state index in [2.05, 4.69) is 43.5 Å².